The molecule has 0 spiro atoms. The standard InChI is InChI=1S/C12H8ClN5O/c13-11-6-14-10(5-15-11)12(19)17-8-2-1-3-9-7(8)4-16-18-9/h1-6H,(H,16,18)(H,17,19). The number of H-pyrrole nitrogens is 1. The maximum absolute atomic E-state index is 12.0. The number of carbonyl (C=O) groups excluding carboxylic acids is 1. The SMILES string of the molecule is O=C(Nc1cccc2[nH]ncc12)c1cnc(Cl)cn1. The zero-order valence-corrected chi connectivity index (χ0v) is 10.3. The molecule has 19 heavy (non-hydrogen) atoms. The fourth-order valence-electron chi connectivity index (χ4n) is 1.69. The zero-order valence-electron chi connectivity index (χ0n) is 9.59. The predicted molar refractivity (Wildman–Crippen MR) is 71.1 cm³/mol. The van der Waals surface area contributed by atoms with Gasteiger partial charge in [-0.2, -0.15) is 5.10 Å². The summed E-state index contributed by atoms with van der Waals surface area (Å²) in [5, 5.41) is 10.6. The maximum Gasteiger partial charge on any atom is 0.275 e. The van der Waals surface area contributed by atoms with Crippen molar-refractivity contribution in [1.29, 1.82) is 0 Å². The molecule has 0 saturated heterocycles. The number of aromatic nitrogens is 4. The summed E-state index contributed by atoms with van der Waals surface area (Å²) in [7, 11) is 0. The van der Waals surface area contributed by atoms with Crippen molar-refractivity contribution in [1.82, 2.24) is 20.2 Å². The molecule has 0 aliphatic heterocycles. The highest BCUT2D eigenvalue weighted by Gasteiger charge is 2.10. The molecule has 3 rings (SSSR count). The van der Waals surface area contributed by atoms with Crippen LogP contribution >= 0.6 is 11.6 Å². The number of rotatable bonds is 2. The minimum absolute atomic E-state index is 0.199. The lowest BCUT2D eigenvalue weighted by atomic mass is 10.2. The molecule has 0 aliphatic rings. The van der Waals surface area contributed by atoms with Gasteiger partial charge in [0.1, 0.15) is 10.8 Å². The third-order valence-corrected chi connectivity index (χ3v) is 2.78. The summed E-state index contributed by atoms with van der Waals surface area (Å²) in [6.07, 6.45) is 4.31. The van der Waals surface area contributed by atoms with Crippen LogP contribution in [0.4, 0.5) is 5.69 Å². The Labute approximate surface area is 112 Å². The molecule has 0 unspecified atom stereocenters. The van der Waals surface area contributed by atoms with Crippen LogP contribution in [0.3, 0.4) is 0 Å². The van der Waals surface area contributed by atoms with E-state index in [9.17, 15) is 4.79 Å². The minimum Gasteiger partial charge on any atom is -0.320 e. The maximum atomic E-state index is 12.0. The summed E-state index contributed by atoms with van der Waals surface area (Å²) in [6, 6.07) is 5.49. The molecule has 2 N–H and O–H groups in total. The van der Waals surface area contributed by atoms with Gasteiger partial charge in [-0.1, -0.05) is 17.7 Å². The van der Waals surface area contributed by atoms with Crippen LogP contribution in [0.2, 0.25) is 5.15 Å². The predicted octanol–water partition coefficient (Wildman–Crippen LogP) is 2.26. The lowest BCUT2D eigenvalue weighted by Crippen LogP contribution is -2.14. The van der Waals surface area contributed by atoms with Crippen LogP contribution in [0.1, 0.15) is 10.5 Å². The van der Waals surface area contributed by atoms with Gasteiger partial charge in [-0.3, -0.25) is 9.89 Å². The molecular formula is C12H8ClN5O. The Morgan fingerprint density at radius 3 is 2.89 bits per heavy atom. The van der Waals surface area contributed by atoms with Gasteiger partial charge in [0, 0.05) is 5.39 Å². The van der Waals surface area contributed by atoms with E-state index in [4.69, 9.17) is 11.6 Å². The van der Waals surface area contributed by atoms with E-state index >= 15 is 0 Å². The molecule has 0 aliphatic carbocycles. The third kappa shape index (κ3) is 2.25. The lowest BCUT2D eigenvalue weighted by Gasteiger charge is -2.05. The molecule has 2 aromatic heterocycles. The Kier molecular flexibility index (Phi) is 2.85. The van der Waals surface area contributed by atoms with E-state index in [1.165, 1.54) is 12.4 Å². The van der Waals surface area contributed by atoms with Crippen molar-refractivity contribution in [3.63, 3.8) is 0 Å². The Bertz CT molecular complexity index is 737. The molecule has 0 saturated carbocycles. The van der Waals surface area contributed by atoms with E-state index < -0.39 is 0 Å². The highest BCUT2D eigenvalue weighted by atomic mass is 35.5. The molecule has 0 radical (unpaired) electrons. The van der Waals surface area contributed by atoms with Crippen LogP contribution < -0.4 is 5.32 Å². The smallest absolute Gasteiger partial charge is 0.275 e. The first-order valence-corrected chi connectivity index (χ1v) is 5.83. The van der Waals surface area contributed by atoms with Crippen LogP contribution in [-0.4, -0.2) is 26.1 Å². The largest absolute Gasteiger partial charge is 0.320 e. The molecule has 0 atom stereocenters. The number of hydrogen-bond donors (Lipinski definition) is 2. The van der Waals surface area contributed by atoms with Crippen molar-refractivity contribution in [2.45, 2.75) is 0 Å². The van der Waals surface area contributed by atoms with Gasteiger partial charge in [0.2, 0.25) is 0 Å². The first kappa shape index (κ1) is 11.6. The second-order valence-electron chi connectivity index (χ2n) is 3.82. The number of amides is 1. The summed E-state index contributed by atoms with van der Waals surface area (Å²) in [5.74, 6) is -0.349. The molecule has 2 heterocycles. The van der Waals surface area contributed by atoms with Gasteiger partial charge in [0.05, 0.1) is 29.8 Å². The van der Waals surface area contributed by atoms with Crippen molar-refractivity contribution < 1.29 is 4.79 Å². The van der Waals surface area contributed by atoms with Gasteiger partial charge in [0.25, 0.3) is 5.91 Å². The molecule has 6 nitrogen and oxygen atoms in total. The summed E-state index contributed by atoms with van der Waals surface area (Å²) in [4.78, 5) is 19.7. The monoisotopic (exact) mass is 273 g/mol. The molecule has 1 aromatic carbocycles. The van der Waals surface area contributed by atoms with Crippen molar-refractivity contribution in [3.8, 4) is 0 Å². The number of benzene rings is 1. The van der Waals surface area contributed by atoms with E-state index in [0.717, 1.165) is 10.9 Å². The van der Waals surface area contributed by atoms with Crippen molar-refractivity contribution in [3.05, 3.63) is 47.6 Å². The molecule has 1 amide bonds. The normalized spacial score (nSPS) is 10.6. The topological polar surface area (TPSA) is 83.6 Å². The average Bonchev–Trinajstić information content (AvgIpc) is 2.89. The fourth-order valence-corrected chi connectivity index (χ4v) is 1.79. The van der Waals surface area contributed by atoms with E-state index in [1.54, 1.807) is 12.3 Å². The van der Waals surface area contributed by atoms with E-state index in [2.05, 4.69) is 25.5 Å². The first-order chi connectivity index (χ1) is 9.24. The summed E-state index contributed by atoms with van der Waals surface area (Å²) >= 11 is 5.62. The van der Waals surface area contributed by atoms with Gasteiger partial charge < -0.3 is 5.32 Å². The fraction of sp³-hybridized carbons (Fsp3) is 0. The zero-order chi connectivity index (χ0) is 13.2. The van der Waals surface area contributed by atoms with Crippen LogP contribution in [0.15, 0.2) is 36.8 Å². The highest BCUT2D eigenvalue weighted by molar-refractivity contribution is 6.29. The third-order valence-electron chi connectivity index (χ3n) is 2.59. The summed E-state index contributed by atoms with van der Waals surface area (Å²) in [5.41, 5.74) is 1.71. The number of anilines is 1. The number of nitrogens with one attached hydrogen (secondary N) is 2. The Morgan fingerprint density at radius 2 is 2.11 bits per heavy atom. The van der Waals surface area contributed by atoms with Crippen molar-refractivity contribution in [2.24, 2.45) is 0 Å². The van der Waals surface area contributed by atoms with Crippen LogP contribution in [-0.2, 0) is 0 Å². The number of carbonyl (C=O) groups is 1. The summed E-state index contributed by atoms with van der Waals surface area (Å²) in [6.45, 7) is 0. The van der Waals surface area contributed by atoms with E-state index in [-0.39, 0.29) is 16.8 Å². The van der Waals surface area contributed by atoms with E-state index in [1.807, 2.05) is 12.1 Å². The van der Waals surface area contributed by atoms with Crippen molar-refractivity contribution in [2.75, 3.05) is 5.32 Å². The van der Waals surface area contributed by atoms with Gasteiger partial charge in [-0.05, 0) is 12.1 Å². The molecule has 3 aromatic rings. The Morgan fingerprint density at radius 1 is 1.21 bits per heavy atom. The first-order valence-electron chi connectivity index (χ1n) is 5.45. The minimum atomic E-state index is -0.349. The van der Waals surface area contributed by atoms with Crippen molar-refractivity contribution >= 4 is 34.1 Å². The van der Waals surface area contributed by atoms with Gasteiger partial charge in [-0.25, -0.2) is 9.97 Å². The van der Waals surface area contributed by atoms with Gasteiger partial charge in [0.15, 0.2) is 0 Å². The Balaban J connectivity index is 1.90. The lowest BCUT2D eigenvalue weighted by molar-refractivity contribution is 0.102. The molecule has 94 valence electrons. The quantitative estimate of drug-likeness (QED) is 0.750. The van der Waals surface area contributed by atoms with Crippen LogP contribution in [0.25, 0.3) is 10.9 Å². The molecule has 0 fully saturated rings. The van der Waals surface area contributed by atoms with E-state index in [0.29, 0.717) is 5.69 Å². The Hall–Kier alpha value is -2.47. The highest BCUT2D eigenvalue weighted by Crippen LogP contribution is 2.21. The van der Waals surface area contributed by atoms with Gasteiger partial charge >= 0.3 is 0 Å². The van der Waals surface area contributed by atoms with Crippen LogP contribution in [0.5, 0.6) is 0 Å². The number of aromatic amines is 1. The number of nitrogens with zero attached hydrogens (tertiary/aromatic N) is 3. The number of hydrogen-bond acceptors (Lipinski definition) is 4. The summed E-state index contributed by atoms with van der Waals surface area (Å²) < 4.78 is 0. The molecule has 7 heteroatoms. The average molecular weight is 274 g/mol. The second kappa shape index (κ2) is 4.66. The van der Waals surface area contributed by atoms with Gasteiger partial charge in [-0.15, -0.1) is 0 Å². The number of fused-ring (bicyclic) bond motifs is 1. The molecular weight excluding hydrogens is 266 g/mol. The van der Waals surface area contributed by atoms with Crippen LogP contribution in [0, 0.1) is 0 Å². The second-order valence-corrected chi connectivity index (χ2v) is 4.20. The molecule has 0 bridgehead atoms. The number of halogens is 1.